The number of nitrogens with zero attached hydrogens (tertiary/aromatic N) is 1. The average Bonchev–Trinajstić information content (AvgIpc) is 3.16. The number of para-hydroxylation sites is 1. The highest BCUT2D eigenvalue weighted by atomic mass is 14.8. The second-order valence-corrected chi connectivity index (χ2v) is 6.37. The molecule has 5 rings (SSSR count). The monoisotopic (exact) mass is 286 g/mol. The quantitative estimate of drug-likeness (QED) is 0.761. The molecule has 22 heavy (non-hydrogen) atoms. The summed E-state index contributed by atoms with van der Waals surface area (Å²) < 4.78 is 0. The van der Waals surface area contributed by atoms with E-state index in [1.54, 1.807) is 0 Å². The van der Waals surface area contributed by atoms with Crippen molar-refractivity contribution in [2.45, 2.75) is 31.6 Å². The van der Waals surface area contributed by atoms with E-state index in [1.165, 1.54) is 51.9 Å². The highest BCUT2D eigenvalue weighted by Crippen LogP contribution is 2.46. The molecule has 1 aliphatic heterocycles. The number of nitrogens with one attached hydrogen (secondary N) is 1. The summed E-state index contributed by atoms with van der Waals surface area (Å²) in [6.07, 6.45) is 13.4. The maximum Gasteiger partial charge on any atom is 0.0671 e. The van der Waals surface area contributed by atoms with Crippen molar-refractivity contribution in [3.05, 3.63) is 71.1 Å². The van der Waals surface area contributed by atoms with Crippen molar-refractivity contribution < 1.29 is 0 Å². The summed E-state index contributed by atoms with van der Waals surface area (Å²) in [6, 6.07) is 8.64. The van der Waals surface area contributed by atoms with Gasteiger partial charge in [0.1, 0.15) is 0 Å². The first-order valence-corrected chi connectivity index (χ1v) is 8.16. The van der Waals surface area contributed by atoms with Gasteiger partial charge in [-0.1, -0.05) is 30.4 Å². The van der Waals surface area contributed by atoms with Crippen LogP contribution in [0.3, 0.4) is 0 Å². The molecule has 2 aliphatic carbocycles. The minimum atomic E-state index is 0.496. The molecule has 0 bridgehead atoms. The summed E-state index contributed by atoms with van der Waals surface area (Å²) in [4.78, 5) is 8.36. The van der Waals surface area contributed by atoms with Crippen LogP contribution in [0.5, 0.6) is 0 Å². The normalized spacial score (nSPS) is 23.4. The maximum absolute atomic E-state index is 4.91. The Labute approximate surface area is 130 Å². The van der Waals surface area contributed by atoms with Crippen LogP contribution in [0.15, 0.2) is 70.5 Å². The first-order valence-electron chi connectivity index (χ1n) is 8.16. The van der Waals surface area contributed by atoms with Crippen LogP contribution in [0.25, 0.3) is 10.9 Å². The summed E-state index contributed by atoms with van der Waals surface area (Å²) in [5.74, 6) is 0.496. The third-order valence-corrected chi connectivity index (χ3v) is 5.16. The van der Waals surface area contributed by atoms with E-state index in [1.807, 2.05) is 0 Å². The van der Waals surface area contributed by atoms with E-state index < -0.39 is 0 Å². The van der Waals surface area contributed by atoms with Gasteiger partial charge in [-0.2, -0.15) is 0 Å². The van der Waals surface area contributed by atoms with Crippen molar-refractivity contribution in [2.24, 2.45) is 4.99 Å². The number of aromatic amines is 1. The number of benzene rings is 1. The van der Waals surface area contributed by atoms with Crippen LogP contribution in [-0.4, -0.2) is 10.7 Å². The molecule has 1 fully saturated rings. The Morgan fingerprint density at radius 3 is 3.14 bits per heavy atom. The lowest BCUT2D eigenvalue weighted by Crippen LogP contribution is -2.17. The second kappa shape index (κ2) is 4.57. The zero-order valence-corrected chi connectivity index (χ0v) is 12.5. The number of rotatable bonds is 1. The standard InChI is InChI=1S/C20H18N2/c1-3-9-17-13(6-1)16(12-21-17)14-8-5-11-19-20(14)15-7-2-4-10-18(15)22-19/h1-4,6,9-10,12,14,21H,5,7-8,11H2. The van der Waals surface area contributed by atoms with Gasteiger partial charge >= 0.3 is 0 Å². The molecule has 1 aromatic heterocycles. The van der Waals surface area contributed by atoms with Gasteiger partial charge in [0.05, 0.1) is 5.70 Å². The van der Waals surface area contributed by atoms with Gasteiger partial charge in [0, 0.05) is 28.7 Å². The molecular weight excluding hydrogens is 268 g/mol. The highest BCUT2D eigenvalue weighted by molar-refractivity contribution is 6.07. The first-order chi connectivity index (χ1) is 10.9. The van der Waals surface area contributed by atoms with Gasteiger partial charge in [-0.05, 0) is 54.5 Å². The Kier molecular flexibility index (Phi) is 2.54. The molecule has 1 aromatic carbocycles. The summed E-state index contributed by atoms with van der Waals surface area (Å²) >= 11 is 0. The van der Waals surface area contributed by atoms with Crippen molar-refractivity contribution in [2.75, 3.05) is 0 Å². The van der Waals surface area contributed by atoms with E-state index in [2.05, 4.69) is 53.7 Å². The van der Waals surface area contributed by atoms with E-state index in [9.17, 15) is 0 Å². The van der Waals surface area contributed by atoms with Gasteiger partial charge in [-0.15, -0.1) is 0 Å². The second-order valence-electron chi connectivity index (χ2n) is 6.37. The minimum Gasteiger partial charge on any atom is -0.361 e. The lowest BCUT2D eigenvalue weighted by Gasteiger charge is -2.26. The van der Waals surface area contributed by atoms with E-state index in [0.29, 0.717) is 5.92 Å². The van der Waals surface area contributed by atoms with Crippen LogP contribution in [-0.2, 0) is 0 Å². The molecule has 1 N–H and O–H groups in total. The molecule has 0 spiro atoms. The predicted octanol–water partition coefficient (Wildman–Crippen LogP) is 5.03. The molecule has 2 heteroatoms. The molecule has 2 nitrogen and oxygen atoms in total. The predicted molar refractivity (Wildman–Crippen MR) is 91.2 cm³/mol. The summed E-state index contributed by atoms with van der Waals surface area (Å²) in [6.45, 7) is 0. The van der Waals surface area contributed by atoms with Crippen LogP contribution in [0.1, 0.15) is 37.2 Å². The summed E-state index contributed by atoms with van der Waals surface area (Å²) in [5, 5.41) is 1.37. The topological polar surface area (TPSA) is 28.1 Å². The fourth-order valence-corrected chi connectivity index (χ4v) is 4.20. The maximum atomic E-state index is 4.91. The zero-order valence-electron chi connectivity index (χ0n) is 12.5. The molecule has 1 unspecified atom stereocenters. The van der Waals surface area contributed by atoms with Crippen molar-refractivity contribution >= 4 is 16.6 Å². The van der Waals surface area contributed by atoms with Crippen molar-refractivity contribution in [1.82, 2.24) is 4.98 Å². The van der Waals surface area contributed by atoms with Crippen LogP contribution in [0.2, 0.25) is 0 Å². The van der Waals surface area contributed by atoms with Gasteiger partial charge in [0.25, 0.3) is 0 Å². The SMILES string of the molecule is C1=CCC2=C3C(=NC2=C1)CCCC3c1c[nH]c2ccccc12. The van der Waals surface area contributed by atoms with Gasteiger partial charge in [0.2, 0.25) is 0 Å². The van der Waals surface area contributed by atoms with Crippen molar-refractivity contribution in [3.63, 3.8) is 0 Å². The van der Waals surface area contributed by atoms with Gasteiger partial charge < -0.3 is 4.98 Å². The number of H-pyrrole nitrogens is 1. The van der Waals surface area contributed by atoms with Crippen LogP contribution >= 0.6 is 0 Å². The minimum absolute atomic E-state index is 0.496. The van der Waals surface area contributed by atoms with E-state index in [-0.39, 0.29) is 0 Å². The molecule has 0 saturated heterocycles. The van der Waals surface area contributed by atoms with Crippen LogP contribution < -0.4 is 0 Å². The average molecular weight is 286 g/mol. The Hall–Kier alpha value is -2.35. The highest BCUT2D eigenvalue weighted by Gasteiger charge is 2.34. The van der Waals surface area contributed by atoms with Crippen molar-refractivity contribution in [3.8, 4) is 0 Å². The number of allylic oxidation sites excluding steroid dienone is 5. The number of aliphatic imine (C=N–C) groups is 1. The first kappa shape index (κ1) is 12.2. The number of hydrogen-bond acceptors (Lipinski definition) is 1. The Balaban J connectivity index is 1.70. The molecule has 2 heterocycles. The van der Waals surface area contributed by atoms with Crippen LogP contribution in [0.4, 0.5) is 0 Å². The van der Waals surface area contributed by atoms with E-state index in [0.717, 1.165) is 12.8 Å². The molecule has 0 radical (unpaired) electrons. The summed E-state index contributed by atoms with van der Waals surface area (Å²) in [5.41, 5.74) is 8.22. The fourth-order valence-electron chi connectivity index (χ4n) is 4.20. The van der Waals surface area contributed by atoms with Gasteiger partial charge in [-0.25, -0.2) is 0 Å². The molecular formula is C20H18N2. The molecule has 1 saturated carbocycles. The molecule has 3 aliphatic rings. The van der Waals surface area contributed by atoms with Gasteiger partial charge in [-0.3, -0.25) is 4.99 Å². The van der Waals surface area contributed by atoms with Crippen molar-refractivity contribution in [1.29, 1.82) is 0 Å². The Morgan fingerprint density at radius 1 is 1.18 bits per heavy atom. The smallest absolute Gasteiger partial charge is 0.0671 e. The summed E-state index contributed by atoms with van der Waals surface area (Å²) in [7, 11) is 0. The van der Waals surface area contributed by atoms with Crippen LogP contribution in [0, 0.1) is 0 Å². The lowest BCUT2D eigenvalue weighted by molar-refractivity contribution is 0.653. The number of fused-ring (bicyclic) bond motifs is 3. The Morgan fingerprint density at radius 2 is 2.14 bits per heavy atom. The van der Waals surface area contributed by atoms with E-state index >= 15 is 0 Å². The van der Waals surface area contributed by atoms with E-state index in [4.69, 9.17) is 4.99 Å². The molecule has 0 amide bonds. The number of aromatic nitrogens is 1. The largest absolute Gasteiger partial charge is 0.361 e. The Bertz CT molecular complexity index is 889. The zero-order chi connectivity index (χ0) is 14.5. The number of hydrogen-bond donors (Lipinski definition) is 1. The molecule has 1 atom stereocenters. The lowest BCUT2D eigenvalue weighted by atomic mass is 9.76. The molecule has 2 aromatic rings. The molecule has 108 valence electrons. The third kappa shape index (κ3) is 1.64. The third-order valence-electron chi connectivity index (χ3n) is 5.16. The van der Waals surface area contributed by atoms with Gasteiger partial charge in [0.15, 0.2) is 0 Å². The fraction of sp³-hybridized carbons (Fsp3) is 0.250.